The van der Waals surface area contributed by atoms with E-state index in [0.717, 1.165) is 5.01 Å². The average molecular weight is 389 g/mol. The SMILES string of the molecule is Cc1nc(C(=O)/N=C(/Nc2ccc(F)cc2)Nc2ccc(Cl)cc2)cs1. The molecule has 0 unspecified atom stereocenters. The van der Waals surface area contributed by atoms with Crippen molar-refractivity contribution < 1.29 is 9.18 Å². The number of hydrogen-bond acceptors (Lipinski definition) is 3. The Morgan fingerprint density at radius 3 is 2.19 bits per heavy atom. The molecule has 0 fully saturated rings. The van der Waals surface area contributed by atoms with Gasteiger partial charge in [-0.3, -0.25) is 4.79 Å². The lowest BCUT2D eigenvalue weighted by atomic mass is 10.3. The summed E-state index contributed by atoms with van der Waals surface area (Å²) in [7, 11) is 0. The standard InChI is InChI=1S/C18H14ClFN4OS/c1-11-21-16(10-26-11)17(25)24-18(22-14-6-2-12(19)3-7-14)23-15-8-4-13(20)5-9-15/h2-10H,1H3,(H2,22,23,24,25). The molecule has 8 heteroatoms. The summed E-state index contributed by atoms with van der Waals surface area (Å²) in [4.78, 5) is 20.6. The monoisotopic (exact) mass is 388 g/mol. The molecule has 1 heterocycles. The largest absolute Gasteiger partial charge is 0.326 e. The van der Waals surface area contributed by atoms with Gasteiger partial charge < -0.3 is 10.6 Å². The fourth-order valence-corrected chi connectivity index (χ4v) is 2.76. The first-order valence-corrected chi connectivity index (χ1v) is 8.86. The van der Waals surface area contributed by atoms with Gasteiger partial charge in [-0.2, -0.15) is 4.99 Å². The van der Waals surface area contributed by atoms with Crippen LogP contribution < -0.4 is 10.6 Å². The minimum absolute atomic E-state index is 0.189. The molecule has 0 atom stereocenters. The Hall–Kier alpha value is -2.77. The Morgan fingerprint density at radius 1 is 1.08 bits per heavy atom. The van der Waals surface area contributed by atoms with Gasteiger partial charge in [-0.15, -0.1) is 11.3 Å². The Labute approximate surface area is 158 Å². The van der Waals surface area contributed by atoms with E-state index in [-0.39, 0.29) is 17.5 Å². The molecule has 3 aromatic rings. The predicted molar refractivity (Wildman–Crippen MR) is 104 cm³/mol. The number of amides is 1. The summed E-state index contributed by atoms with van der Waals surface area (Å²) in [5.41, 5.74) is 1.53. The van der Waals surface area contributed by atoms with Crippen molar-refractivity contribution in [3.05, 3.63) is 75.5 Å². The number of carbonyl (C=O) groups excluding carboxylic acids is 1. The van der Waals surface area contributed by atoms with Gasteiger partial charge in [0.15, 0.2) is 0 Å². The van der Waals surface area contributed by atoms with Gasteiger partial charge in [-0.25, -0.2) is 9.37 Å². The van der Waals surface area contributed by atoms with Crippen molar-refractivity contribution in [2.24, 2.45) is 4.99 Å². The van der Waals surface area contributed by atoms with E-state index in [1.807, 2.05) is 6.92 Å². The predicted octanol–water partition coefficient (Wildman–Crippen LogP) is 4.96. The summed E-state index contributed by atoms with van der Waals surface area (Å²) >= 11 is 7.26. The molecule has 3 rings (SSSR count). The molecule has 2 N–H and O–H groups in total. The maximum absolute atomic E-state index is 13.1. The van der Waals surface area contributed by atoms with Crippen LogP contribution in [0.3, 0.4) is 0 Å². The highest BCUT2D eigenvalue weighted by Gasteiger charge is 2.11. The van der Waals surface area contributed by atoms with Crippen molar-refractivity contribution in [1.29, 1.82) is 0 Å². The molecule has 0 radical (unpaired) electrons. The Morgan fingerprint density at radius 2 is 1.65 bits per heavy atom. The van der Waals surface area contributed by atoms with Crippen LogP contribution in [0.2, 0.25) is 5.02 Å². The first-order valence-electron chi connectivity index (χ1n) is 7.60. The van der Waals surface area contributed by atoms with E-state index in [9.17, 15) is 9.18 Å². The number of aliphatic imine (C=N–C) groups is 1. The molecule has 26 heavy (non-hydrogen) atoms. The van der Waals surface area contributed by atoms with Crippen molar-refractivity contribution in [1.82, 2.24) is 4.98 Å². The minimum Gasteiger partial charge on any atom is -0.326 e. The van der Waals surface area contributed by atoms with E-state index >= 15 is 0 Å². The number of nitrogens with one attached hydrogen (secondary N) is 2. The number of benzene rings is 2. The second kappa shape index (κ2) is 8.07. The van der Waals surface area contributed by atoms with Crippen molar-refractivity contribution in [2.45, 2.75) is 6.92 Å². The zero-order chi connectivity index (χ0) is 18.5. The Kier molecular flexibility index (Phi) is 5.60. The maximum Gasteiger partial charge on any atom is 0.299 e. The molecule has 1 aromatic heterocycles. The van der Waals surface area contributed by atoms with E-state index in [1.54, 1.807) is 41.8 Å². The van der Waals surface area contributed by atoms with E-state index in [4.69, 9.17) is 11.6 Å². The van der Waals surface area contributed by atoms with Crippen LogP contribution in [0.25, 0.3) is 0 Å². The molecule has 0 spiro atoms. The number of hydrogen-bond donors (Lipinski definition) is 2. The normalized spacial score (nSPS) is 11.3. The number of carbonyl (C=O) groups is 1. The smallest absolute Gasteiger partial charge is 0.299 e. The molecular formula is C18H14ClFN4OS. The van der Waals surface area contributed by atoms with Gasteiger partial charge in [-0.05, 0) is 55.5 Å². The maximum atomic E-state index is 13.1. The summed E-state index contributed by atoms with van der Waals surface area (Å²) in [6, 6.07) is 12.7. The van der Waals surface area contributed by atoms with Crippen molar-refractivity contribution in [2.75, 3.05) is 10.6 Å². The highest BCUT2D eigenvalue weighted by Crippen LogP contribution is 2.15. The average Bonchev–Trinajstić information content (AvgIpc) is 3.05. The summed E-state index contributed by atoms with van der Waals surface area (Å²) in [6.07, 6.45) is 0. The van der Waals surface area contributed by atoms with Crippen molar-refractivity contribution >= 4 is 46.2 Å². The van der Waals surface area contributed by atoms with Gasteiger partial charge in [0.05, 0.1) is 5.01 Å². The number of guanidine groups is 1. The van der Waals surface area contributed by atoms with Crippen molar-refractivity contribution in [3.8, 4) is 0 Å². The number of rotatable bonds is 3. The van der Waals surface area contributed by atoms with Crippen LogP contribution >= 0.6 is 22.9 Å². The van der Waals surface area contributed by atoms with Crippen LogP contribution in [-0.4, -0.2) is 16.9 Å². The molecular weight excluding hydrogens is 375 g/mol. The van der Waals surface area contributed by atoms with Crippen LogP contribution in [0.1, 0.15) is 15.5 Å². The first-order chi connectivity index (χ1) is 12.5. The third-order valence-electron chi connectivity index (χ3n) is 3.27. The Balaban J connectivity index is 1.86. The quantitative estimate of drug-likeness (QED) is 0.491. The fourth-order valence-electron chi connectivity index (χ4n) is 2.05. The summed E-state index contributed by atoms with van der Waals surface area (Å²) in [5.74, 6) is -0.649. The topological polar surface area (TPSA) is 66.4 Å². The molecule has 0 aliphatic carbocycles. The highest BCUT2D eigenvalue weighted by molar-refractivity contribution is 7.09. The number of halogens is 2. The molecule has 0 aliphatic rings. The molecule has 0 bridgehead atoms. The van der Waals surface area contributed by atoms with Gasteiger partial charge in [0.1, 0.15) is 11.5 Å². The minimum atomic E-state index is -0.486. The van der Waals surface area contributed by atoms with Gasteiger partial charge in [0.25, 0.3) is 5.91 Å². The van der Waals surface area contributed by atoms with Gasteiger partial charge in [0.2, 0.25) is 5.96 Å². The fraction of sp³-hybridized carbons (Fsp3) is 0.0556. The molecule has 0 saturated heterocycles. The lowest BCUT2D eigenvalue weighted by Gasteiger charge is -2.12. The van der Waals surface area contributed by atoms with Gasteiger partial charge in [0, 0.05) is 21.8 Å². The van der Waals surface area contributed by atoms with Crippen LogP contribution in [0.5, 0.6) is 0 Å². The summed E-state index contributed by atoms with van der Waals surface area (Å²) in [6.45, 7) is 1.81. The molecule has 0 saturated carbocycles. The third kappa shape index (κ3) is 4.87. The van der Waals surface area contributed by atoms with Crippen LogP contribution in [0.15, 0.2) is 58.9 Å². The number of anilines is 2. The van der Waals surface area contributed by atoms with Crippen LogP contribution in [-0.2, 0) is 0 Å². The van der Waals surface area contributed by atoms with Gasteiger partial charge in [-0.1, -0.05) is 11.6 Å². The molecule has 2 aromatic carbocycles. The van der Waals surface area contributed by atoms with Gasteiger partial charge >= 0.3 is 0 Å². The van der Waals surface area contributed by atoms with E-state index in [0.29, 0.717) is 16.4 Å². The lowest BCUT2D eigenvalue weighted by Crippen LogP contribution is -2.23. The van der Waals surface area contributed by atoms with E-state index < -0.39 is 5.91 Å². The second-order valence-electron chi connectivity index (χ2n) is 5.28. The molecule has 5 nitrogen and oxygen atoms in total. The summed E-state index contributed by atoms with van der Waals surface area (Å²) < 4.78 is 13.1. The summed E-state index contributed by atoms with van der Waals surface area (Å²) in [5, 5.41) is 9.01. The van der Waals surface area contributed by atoms with E-state index in [2.05, 4.69) is 20.6 Å². The zero-order valence-corrected chi connectivity index (χ0v) is 15.2. The van der Waals surface area contributed by atoms with Crippen LogP contribution in [0.4, 0.5) is 15.8 Å². The number of aromatic nitrogens is 1. The highest BCUT2D eigenvalue weighted by atomic mass is 35.5. The second-order valence-corrected chi connectivity index (χ2v) is 6.78. The molecule has 132 valence electrons. The molecule has 1 amide bonds. The third-order valence-corrected chi connectivity index (χ3v) is 4.29. The van der Waals surface area contributed by atoms with Crippen LogP contribution in [0, 0.1) is 12.7 Å². The first kappa shape index (κ1) is 18.0. The van der Waals surface area contributed by atoms with E-state index in [1.165, 1.54) is 23.5 Å². The number of nitrogens with zero attached hydrogens (tertiary/aromatic N) is 2. The number of aryl methyl sites for hydroxylation is 1. The zero-order valence-electron chi connectivity index (χ0n) is 13.7. The Bertz CT molecular complexity index is 889. The number of thiazole rings is 1. The molecule has 0 aliphatic heterocycles. The lowest BCUT2D eigenvalue weighted by molar-refractivity contribution is 0.0998. The van der Waals surface area contributed by atoms with Crippen molar-refractivity contribution in [3.63, 3.8) is 0 Å².